The van der Waals surface area contributed by atoms with E-state index in [-0.39, 0.29) is 12.2 Å². The van der Waals surface area contributed by atoms with Crippen LogP contribution in [-0.4, -0.2) is 58.6 Å². The Labute approximate surface area is 178 Å². The number of hydrogen-bond acceptors (Lipinski definition) is 10. The van der Waals surface area contributed by atoms with Gasteiger partial charge < -0.3 is 18.9 Å². The smallest absolute Gasteiger partial charge is 0.303 e. The zero-order valence-corrected chi connectivity index (χ0v) is 18.4. The van der Waals surface area contributed by atoms with Crippen LogP contribution in [0.2, 0.25) is 0 Å². The van der Waals surface area contributed by atoms with Crippen LogP contribution in [0.15, 0.2) is 16.1 Å². The molecule has 11 heteroatoms. The lowest BCUT2D eigenvalue weighted by Crippen LogP contribution is -2.40. The van der Waals surface area contributed by atoms with E-state index in [0.29, 0.717) is 17.1 Å². The number of thioether (sulfide) groups is 1. The lowest BCUT2D eigenvalue weighted by atomic mass is 10.1. The van der Waals surface area contributed by atoms with Crippen LogP contribution in [0.3, 0.4) is 0 Å². The molecule has 1 aromatic rings. The van der Waals surface area contributed by atoms with Crippen molar-refractivity contribution >= 4 is 29.7 Å². The minimum absolute atomic E-state index is 0.203. The summed E-state index contributed by atoms with van der Waals surface area (Å²) in [4.78, 5) is 51.1. The largest absolute Gasteiger partial charge is 0.463 e. The molecule has 4 atom stereocenters. The summed E-state index contributed by atoms with van der Waals surface area (Å²) in [6, 6.07) is 0. The molecule has 0 amide bonds. The molecular formula is C19H26N2O8S. The maximum Gasteiger partial charge on any atom is 0.303 e. The predicted molar refractivity (Wildman–Crippen MR) is 106 cm³/mol. The van der Waals surface area contributed by atoms with Gasteiger partial charge in [-0.05, 0) is 12.7 Å². The van der Waals surface area contributed by atoms with E-state index in [4.69, 9.17) is 18.9 Å². The molecule has 30 heavy (non-hydrogen) atoms. The SMILES string of the molecule is CCCc1cn([C@@H]2O[C@H](COC(C)=O)[C@@H](OC(C)=O)[C@H]2OC(C)=O)c(SC)nc1=O. The molecule has 2 heterocycles. The third-order valence-corrected chi connectivity index (χ3v) is 4.97. The normalized spacial score (nSPS) is 23.1. The van der Waals surface area contributed by atoms with E-state index in [1.807, 2.05) is 6.92 Å². The first-order chi connectivity index (χ1) is 14.2. The summed E-state index contributed by atoms with van der Waals surface area (Å²) in [5.74, 6) is -1.75. The fraction of sp³-hybridized carbons (Fsp3) is 0.632. The monoisotopic (exact) mass is 442 g/mol. The average Bonchev–Trinajstić information content (AvgIpc) is 2.97. The molecule has 0 aliphatic carbocycles. The quantitative estimate of drug-likeness (QED) is 0.251. The molecule has 0 N–H and O–H groups in total. The van der Waals surface area contributed by atoms with E-state index >= 15 is 0 Å². The van der Waals surface area contributed by atoms with E-state index in [1.165, 1.54) is 32.5 Å². The van der Waals surface area contributed by atoms with E-state index in [2.05, 4.69) is 4.98 Å². The van der Waals surface area contributed by atoms with Crippen molar-refractivity contribution in [3.63, 3.8) is 0 Å². The van der Waals surface area contributed by atoms with Crippen molar-refractivity contribution in [1.82, 2.24) is 9.55 Å². The minimum Gasteiger partial charge on any atom is -0.463 e. The third-order valence-electron chi connectivity index (χ3n) is 4.30. The molecule has 1 fully saturated rings. The fourth-order valence-electron chi connectivity index (χ4n) is 3.19. The van der Waals surface area contributed by atoms with Crippen LogP contribution in [0.4, 0.5) is 0 Å². The Kier molecular flexibility index (Phi) is 8.42. The van der Waals surface area contributed by atoms with Crippen LogP contribution in [0.1, 0.15) is 45.9 Å². The van der Waals surface area contributed by atoms with Crippen molar-refractivity contribution < 1.29 is 33.3 Å². The summed E-state index contributed by atoms with van der Waals surface area (Å²) >= 11 is 1.22. The van der Waals surface area contributed by atoms with Crippen molar-refractivity contribution in [3.05, 3.63) is 22.1 Å². The Balaban J connectivity index is 2.53. The number of esters is 3. The summed E-state index contributed by atoms with van der Waals surface area (Å²) < 4.78 is 23.4. The van der Waals surface area contributed by atoms with E-state index in [1.54, 1.807) is 17.0 Å². The van der Waals surface area contributed by atoms with Gasteiger partial charge in [0.2, 0.25) is 0 Å². The Morgan fingerprint density at radius 2 is 1.77 bits per heavy atom. The van der Waals surface area contributed by atoms with Gasteiger partial charge in [-0.15, -0.1) is 0 Å². The highest BCUT2D eigenvalue weighted by Gasteiger charge is 2.51. The molecule has 0 radical (unpaired) electrons. The van der Waals surface area contributed by atoms with Gasteiger partial charge in [-0.25, -0.2) is 0 Å². The molecule has 1 aliphatic heterocycles. The predicted octanol–water partition coefficient (Wildman–Crippen LogP) is 1.24. The first-order valence-electron chi connectivity index (χ1n) is 9.47. The molecule has 0 spiro atoms. The maximum absolute atomic E-state index is 12.3. The van der Waals surface area contributed by atoms with E-state index < -0.39 is 42.4 Å². The van der Waals surface area contributed by atoms with Gasteiger partial charge in [-0.2, -0.15) is 4.98 Å². The summed E-state index contributed by atoms with van der Waals surface area (Å²) in [6.07, 6.45) is 0.741. The number of aromatic nitrogens is 2. The number of nitrogens with zero attached hydrogens (tertiary/aromatic N) is 2. The van der Waals surface area contributed by atoms with Crippen LogP contribution >= 0.6 is 11.8 Å². The highest BCUT2D eigenvalue weighted by Crippen LogP contribution is 2.36. The van der Waals surface area contributed by atoms with Gasteiger partial charge in [0, 0.05) is 32.5 Å². The molecule has 1 aromatic heterocycles. The van der Waals surface area contributed by atoms with E-state index in [0.717, 1.165) is 6.42 Å². The molecular weight excluding hydrogens is 416 g/mol. The Bertz CT molecular complexity index is 855. The summed E-state index contributed by atoms with van der Waals surface area (Å²) in [5.41, 5.74) is 0.139. The first kappa shape index (κ1) is 23.9. The second-order valence-corrected chi connectivity index (χ2v) is 7.50. The van der Waals surface area contributed by atoms with Crippen molar-refractivity contribution in [1.29, 1.82) is 0 Å². The number of carbonyl (C=O) groups is 3. The van der Waals surface area contributed by atoms with Gasteiger partial charge in [-0.3, -0.25) is 23.7 Å². The average molecular weight is 442 g/mol. The number of rotatable bonds is 8. The molecule has 0 saturated carbocycles. The number of aryl methyl sites for hydroxylation is 1. The lowest BCUT2D eigenvalue weighted by Gasteiger charge is -2.25. The second kappa shape index (κ2) is 10.6. The first-order valence-corrected chi connectivity index (χ1v) is 10.7. The zero-order chi connectivity index (χ0) is 22.4. The van der Waals surface area contributed by atoms with Gasteiger partial charge >= 0.3 is 17.9 Å². The molecule has 0 unspecified atom stereocenters. The van der Waals surface area contributed by atoms with Crippen LogP contribution in [-0.2, 0) is 39.8 Å². The number of ether oxygens (including phenoxy) is 4. The van der Waals surface area contributed by atoms with Gasteiger partial charge in [0.1, 0.15) is 12.7 Å². The highest BCUT2D eigenvalue weighted by atomic mass is 32.2. The topological polar surface area (TPSA) is 123 Å². The second-order valence-electron chi connectivity index (χ2n) is 6.73. The van der Waals surface area contributed by atoms with E-state index in [9.17, 15) is 19.2 Å². The maximum atomic E-state index is 12.3. The highest BCUT2D eigenvalue weighted by molar-refractivity contribution is 7.98. The van der Waals surface area contributed by atoms with Crippen LogP contribution in [0.5, 0.6) is 0 Å². The molecule has 10 nitrogen and oxygen atoms in total. The molecule has 2 rings (SSSR count). The summed E-state index contributed by atoms with van der Waals surface area (Å²) in [7, 11) is 0. The van der Waals surface area contributed by atoms with Crippen LogP contribution in [0.25, 0.3) is 0 Å². The van der Waals surface area contributed by atoms with Gasteiger partial charge in [0.15, 0.2) is 23.6 Å². The van der Waals surface area contributed by atoms with Crippen molar-refractivity contribution in [3.8, 4) is 0 Å². The van der Waals surface area contributed by atoms with Crippen LogP contribution < -0.4 is 5.56 Å². The van der Waals surface area contributed by atoms with Gasteiger partial charge in [0.05, 0.1) is 0 Å². The number of carbonyl (C=O) groups excluding carboxylic acids is 3. The fourth-order valence-corrected chi connectivity index (χ4v) is 3.73. The molecule has 0 bridgehead atoms. The van der Waals surface area contributed by atoms with Crippen LogP contribution in [0, 0.1) is 0 Å². The van der Waals surface area contributed by atoms with Crippen molar-refractivity contribution in [2.75, 3.05) is 12.9 Å². The molecule has 166 valence electrons. The lowest BCUT2D eigenvalue weighted by molar-refractivity contribution is -0.166. The zero-order valence-electron chi connectivity index (χ0n) is 17.6. The summed E-state index contributed by atoms with van der Waals surface area (Å²) in [6.45, 7) is 5.42. The molecule has 1 saturated heterocycles. The number of hydrogen-bond donors (Lipinski definition) is 0. The van der Waals surface area contributed by atoms with Gasteiger partial charge in [0.25, 0.3) is 5.56 Å². The molecule has 1 aliphatic rings. The Morgan fingerprint density at radius 1 is 1.13 bits per heavy atom. The summed E-state index contributed by atoms with van der Waals surface area (Å²) in [5, 5.41) is 0.344. The Hall–Kier alpha value is -2.40. The Morgan fingerprint density at radius 3 is 2.30 bits per heavy atom. The standard InChI is InChI=1S/C19H26N2O8S/c1-6-7-13-8-21(19(30-5)20-17(13)25)18-16(28-12(4)24)15(27-11(3)23)14(29-18)9-26-10(2)22/h8,14-16,18H,6-7,9H2,1-5H3/t14-,15-,16-,18-/m1/s1. The van der Waals surface area contributed by atoms with Crippen molar-refractivity contribution in [2.24, 2.45) is 0 Å². The van der Waals surface area contributed by atoms with Gasteiger partial charge in [-0.1, -0.05) is 25.1 Å². The minimum atomic E-state index is -1.03. The third kappa shape index (κ3) is 5.82. The molecule has 0 aromatic carbocycles. The van der Waals surface area contributed by atoms with Crippen molar-refractivity contribution in [2.45, 2.75) is 70.2 Å².